The number of likely N-dealkylation sites (tertiary alicyclic amines) is 1. The molecule has 2 aromatic rings. The van der Waals surface area contributed by atoms with Crippen LogP contribution in [0, 0.1) is 0 Å². The van der Waals surface area contributed by atoms with Gasteiger partial charge in [-0.2, -0.15) is 13.2 Å². The number of nitrogens with zero attached hydrogens (tertiary/aromatic N) is 2. The normalized spacial score (nSPS) is 23.3. The number of fused-ring (bicyclic) bond motifs is 1. The second-order valence-corrected chi connectivity index (χ2v) is 7.66. The van der Waals surface area contributed by atoms with Gasteiger partial charge in [-0.15, -0.1) is 0 Å². The summed E-state index contributed by atoms with van der Waals surface area (Å²) < 4.78 is 44.5. The Labute approximate surface area is 165 Å². The lowest BCUT2D eigenvalue weighted by atomic mass is 9.93. The van der Waals surface area contributed by atoms with Crippen molar-refractivity contribution in [3.63, 3.8) is 0 Å². The maximum atomic E-state index is 13.0. The van der Waals surface area contributed by atoms with Crippen molar-refractivity contribution in [1.82, 2.24) is 14.9 Å². The number of rotatable bonds is 2. The van der Waals surface area contributed by atoms with Gasteiger partial charge in [0.2, 0.25) is 0 Å². The molecule has 6 nitrogen and oxygen atoms in total. The highest BCUT2D eigenvalue weighted by molar-refractivity contribution is 5.81. The summed E-state index contributed by atoms with van der Waals surface area (Å²) in [5.41, 5.74) is -0.983. The highest BCUT2D eigenvalue weighted by atomic mass is 19.4. The summed E-state index contributed by atoms with van der Waals surface area (Å²) >= 11 is 0. The summed E-state index contributed by atoms with van der Waals surface area (Å²) in [5.74, 6) is -0.209. The summed E-state index contributed by atoms with van der Waals surface area (Å²) in [6.07, 6.45) is -0.901. The Morgan fingerprint density at radius 2 is 2.03 bits per heavy atom. The van der Waals surface area contributed by atoms with Crippen LogP contribution in [0.4, 0.5) is 13.2 Å². The molecule has 1 N–H and O–H groups in total. The predicted molar refractivity (Wildman–Crippen MR) is 99.5 cm³/mol. The van der Waals surface area contributed by atoms with Gasteiger partial charge in [0.1, 0.15) is 11.8 Å². The lowest BCUT2D eigenvalue weighted by Gasteiger charge is -2.35. The number of aromatic nitrogens is 2. The number of ether oxygens (including phenoxy) is 1. The lowest BCUT2D eigenvalue weighted by Crippen LogP contribution is -2.46. The van der Waals surface area contributed by atoms with Gasteiger partial charge in [-0.1, -0.05) is 0 Å². The fourth-order valence-electron chi connectivity index (χ4n) is 4.11. The zero-order valence-corrected chi connectivity index (χ0v) is 15.8. The van der Waals surface area contributed by atoms with Crippen LogP contribution in [0.3, 0.4) is 0 Å². The topological polar surface area (TPSA) is 75.3 Å². The fraction of sp³-hybridized carbons (Fsp3) is 0.550. The van der Waals surface area contributed by atoms with E-state index in [-0.39, 0.29) is 22.7 Å². The van der Waals surface area contributed by atoms with Crippen molar-refractivity contribution in [2.45, 2.75) is 50.3 Å². The number of pyridine rings is 2. The summed E-state index contributed by atoms with van der Waals surface area (Å²) in [5, 5.41) is 0.112. The number of piperidine rings is 1. The summed E-state index contributed by atoms with van der Waals surface area (Å²) in [7, 11) is 0. The van der Waals surface area contributed by atoms with Gasteiger partial charge in [0.25, 0.3) is 11.5 Å². The largest absolute Gasteiger partial charge is 0.433 e. The zero-order chi connectivity index (χ0) is 20.6. The monoisotopic (exact) mass is 409 g/mol. The molecule has 0 unspecified atom stereocenters. The quantitative estimate of drug-likeness (QED) is 0.827. The van der Waals surface area contributed by atoms with Gasteiger partial charge >= 0.3 is 6.18 Å². The van der Waals surface area contributed by atoms with Crippen molar-refractivity contribution in [2.75, 3.05) is 19.7 Å². The van der Waals surface area contributed by atoms with Crippen LogP contribution in [0.15, 0.2) is 23.0 Å². The Morgan fingerprint density at radius 3 is 2.76 bits per heavy atom. The molecule has 0 bridgehead atoms. The Balaban J connectivity index is 1.59. The van der Waals surface area contributed by atoms with Gasteiger partial charge in [-0.05, 0) is 50.3 Å². The van der Waals surface area contributed by atoms with E-state index in [0.29, 0.717) is 31.8 Å². The third-order valence-electron chi connectivity index (χ3n) is 5.64. The average molecular weight is 409 g/mol. The van der Waals surface area contributed by atoms with Gasteiger partial charge in [-0.25, -0.2) is 4.98 Å². The molecule has 2 saturated heterocycles. The number of carbonyl (C=O) groups excluding carboxylic acids is 1. The number of halogens is 3. The maximum Gasteiger partial charge on any atom is 0.433 e. The summed E-state index contributed by atoms with van der Waals surface area (Å²) in [6, 6.07) is 3.45. The van der Waals surface area contributed by atoms with E-state index in [4.69, 9.17) is 4.74 Å². The standard InChI is InChI=1S/C20H22F3N3O3/c21-20(22,23)17-7-6-13-15(24-17)10-14(25-18(13)27)12-4-3-8-26(11-12)19(28)16-5-1-2-9-29-16/h6-7,10,12,16H,1-5,8-9,11H2,(H,25,27)/t12-,16-/m0/s1. The zero-order valence-electron chi connectivity index (χ0n) is 15.8. The molecular weight excluding hydrogens is 387 g/mol. The van der Waals surface area contributed by atoms with Crippen LogP contribution >= 0.6 is 0 Å². The molecule has 1 amide bonds. The first-order chi connectivity index (χ1) is 13.8. The minimum absolute atomic E-state index is 0.0117. The van der Waals surface area contributed by atoms with Crippen LogP contribution in [0.1, 0.15) is 49.4 Å². The Kier molecular flexibility index (Phi) is 5.33. The molecule has 29 heavy (non-hydrogen) atoms. The van der Waals surface area contributed by atoms with E-state index in [1.54, 1.807) is 4.90 Å². The molecule has 0 aliphatic carbocycles. The molecule has 4 heterocycles. The van der Waals surface area contributed by atoms with E-state index in [0.717, 1.165) is 37.8 Å². The number of aromatic amines is 1. The summed E-state index contributed by atoms with van der Waals surface area (Å²) in [6.45, 7) is 1.60. The second kappa shape index (κ2) is 7.78. The second-order valence-electron chi connectivity index (χ2n) is 7.66. The fourth-order valence-corrected chi connectivity index (χ4v) is 4.11. The number of amides is 1. The first-order valence-corrected chi connectivity index (χ1v) is 9.84. The van der Waals surface area contributed by atoms with Gasteiger partial charge in [0.05, 0.1) is 10.9 Å². The molecule has 4 rings (SSSR count). The van der Waals surface area contributed by atoms with E-state index in [1.165, 1.54) is 6.07 Å². The van der Waals surface area contributed by atoms with Crippen molar-refractivity contribution in [2.24, 2.45) is 0 Å². The van der Waals surface area contributed by atoms with E-state index in [2.05, 4.69) is 9.97 Å². The van der Waals surface area contributed by atoms with E-state index >= 15 is 0 Å². The minimum Gasteiger partial charge on any atom is -0.368 e. The molecule has 0 saturated carbocycles. The molecule has 0 radical (unpaired) electrons. The maximum absolute atomic E-state index is 13.0. The lowest BCUT2D eigenvalue weighted by molar-refractivity contribution is -0.147. The summed E-state index contributed by atoms with van der Waals surface area (Å²) in [4.78, 5) is 33.3. The highest BCUT2D eigenvalue weighted by Gasteiger charge is 2.34. The van der Waals surface area contributed by atoms with Gasteiger partial charge in [0.15, 0.2) is 0 Å². The smallest absolute Gasteiger partial charge is 0.368 e. The number of carbonyl (C=O) groups is 1. The Bertz CT molecular complexity index is 967. The minimum atomic E-state index is -4.58. The van der Waals surface area contributed by atoms with Crippen molar-refractivity contribution >= 4 is 16.8 Å². The molecule has 2 atom stereocenters. The molecule has 2 fully saturated rings. The molecular formula is C20H22F3N3O3. The number of hydrogen-bond acceptors (Lipinski definition) is 4. The Hall–Kier alpha value is -2.42. The third kappa shape index (κ3) is 4.14. The highest BCUT2D eigenvalue weighted by Crippen LogP contribution is 2.30. The van der Waals surface area contributed by atoms with Crippen LogP contribution in [0.2, 0.25) is 0 Å². The van der Waals surface area contributed by atoms with Crippen molar-refractivity contribution in [3.05, 3.63) is 39.9 Å². The number of H-pyrrole nitrogens is 1. The van der Waals surface area contributed by atoms with Gasteiger partial charge < -0.3 is 14.6 Å². The molecule has 2 aliphatic heterocycles. The molecule has 0 aromatic carbocycles. The predicted octanol–water partition coefficient (Wildman–Crippen LogP) is 3.22. The van der Waals surface area contributed by atoms with Gasteiger partial charge in [0, 0.05) is 31.3 Å². The third-order valence-corrected chi connectivity index (χ3v) is 5.64. The van der Waals surface area contributed by atoms with E-state index in [9.17, 15) is 22.8 Å². The van der Waals surface area contributed by atoms with Crippen molar-refractivity contribution < 1.29 is 22.7 Å². The first kappa shape index (κ1) is 19.9. The van der Waals surface area contributed by atoms with E-state index < -0.39 is 23.5 Å². The SMILES string of the molecule is O=C([C@@H]1CCCCO1)N1CCC[C@H](c2cc3nc(C(F)(F)F)ccc3c(=O)[nH]2)C1. The van der Waals surface area contributed by atoms with Crippen molar-refractivity contribution in [1.29, 1.82) is 0 Å². The van der Waals surface area contributed by atoms with Crippen LogP contribution < -0.4 is 5.56 Å². The number of alkyl halides is 3. The van der Waals surface area contributed by atoms with E-state index in [1.807, 2.05) is 0 Å². The molecule has 0 spiro atoms. The molecule has 2 aromatic heterocycles. The van der Waals surface area contributed by atoms with Gasteiger partial charge in [-0.3, -0.25) is 9.59 Å². The van der Waals surface area contributed by atoms with Crippen LogP contribution in [-0.4, -0.2) is 46.6 Å². The van der Waals surface area contributed by atoms with Crippen LogP contribution in [0.5, 0.6) is 0 Å². The molecule has 2 aliphatic rings. The van der Waals surface area contributed by atoms with Crippen LogP contribution in [0.25, 0.3) is 10.9 Å². The Morgan fingerprint density at radius 1 is 1.21 bits per heavy atom. The molecule has 156 valence electrons. The number of nitrogens with one attached hydrogen (secondary N) is 1. The van der Waals surface area contributed by atoms with Crippen LogP contribution in [-0.2, 0) is 15.7 Å². The first-order valence-electron chi connectivity index (χ1n) is 9.84. The number of hydrogen-bond donors (Lipinski definition) is 1. The molecule has 9 heteroatoms. The van der Waals surface area contributed by atoms with Crippen molar-refractivity contribution in [3.8, 4) is 0 Å². The average Bonchev–Trinajstić information content (AvgIpc) is 2.73.